The first-order valence-electron chi connectivity index (χ1n) is 6.50. The van der Waals surface area contributed by atoms with Gasteiger partial charge in [-0.05, 0) is 43.0 Å². The van der Waals surface area contributed by atoms with Gasteiger partial charge in [0.2, 0.25) is 10.0 Å². The highest BCUT2D eigenvalue weighted by molar-refractivity contribution is 7.89. The standard InChI is InChI=1S/C14H21NO5S/c1-8(2)12(14(16)17)15-21(18,19)11-6-9(3)13(20-5)10(4)7-11/h6-8,12,15H,1-5H3,(H,16,17)/t12-/m0/s1. The fourth-order valence-electron chi connectivity index (χ4n) is 2.09. The molecule has 0 unspecified atom stereocenters. The first-order valence-corrected chi connectivity index (χ1v) is 7.98. The Morgan fingerprint density at radius 1 is 1.24 bits per heavy atom. The van der Waals surface area contributed by atoms with Crippen molar-refractivity contribution in [3.63, 3.8) is 0 Å². The van der Waals surface area contributed by atoms with E-state index in [1.165, 1.54) is 19.2 Å². The summed E-state index contributed by atoms with van der Waals surface area (Å²) in [5.41, 5.74) is 1.35. The van der Waals surface area contributed by atoms with Gasteiger partial charge >= 0.3 is 5.97 Å². The average Bonchev–Trinajstić information content (AvgIpc) is 2.35. The zero-order valence-electron chi connectivity index (χ0n) is 12.8. The number of aryl methyl sites for hydroxylation is 2. The summed E-state index contributed by atoms with van der Waals surface area (Å²) in [7, 11) is -2.39. The zero-order chi connectivity index (χ0) is 16.4. The van der Waals surface area contributed by atoms with Crippen LogP contribution >= 0.6 is 0 Å². The number of carbonyl (C=O) groups is 1. The van der Waals surface area contributed by atoms with Crippen LogP contribution in [-0.2, 0) is 14.8 Å². The van der Waals surface area contributed by atoms with Crippen LogP contribution in [0.15, 0.2) is 17.0 Å². The van der Waals surface area contributed by atoms with E-state index in [0.717, 1.165) is 0 Å². The molecule has 0 spiro atoms. The molecule has 7 heteroatoms. The van der Waals surface area contributed by atoms with Gasteiger partial charge < -0.3 is 9.84 Å². The Morgan fingerprint density at radius 2 is 1.71 bits per heavy atom. The predicted molar refractivity (Wildman–Crippen MR) is 79.1 cm³/mol. The number of methoxy groups -OCH3 is 1. The molecule has 21 heavy (non-hydrogen) atoms. The smallest absolute Gasteiger partial charge is 0.322 e. The van der Waals surface area contributed by atoms with E-state index in [2.05, 4.69) is 4.72 Å². The highest BCUT2D eigenvalue weighted by Gasteiger charge is 2.28. The van der Waals surface area contributed by atoms with E-state index < -0.39 is 22.0 Å². The second-order valence-electron chi connectivity index (χ2n) is 5.27. The maximum Gasteiger partial charge on any atom is 0.322 e. The van der Waals surface area contributed by atoms with E-state index in [1.54, 1.807) is 27.7 Å². The minimum Gasteiger partial charge on any atom is -0.496 e. The highest BCUT2D eigenvalue weighted by atomic mass is 32.2. The summed E-state index contributed by atoms with van der Waals surface area (Å²) in [6, 6.07) is 1.76. The second-order valence-corrected chi connectivity index (χ2v) is 6.99. The first kappa shape index (κ1) is 17.5. The van der Waals surface area contributed by atoms with Gasteiger partial charge in [0.25, 0.3) is 0 Å². The van der Waals surface area contributed by atoms with Crippen molar-refractivity contribution in [2.45, 2.75) is 38.6 Å². The topological polar surface area (TPSA) is 92.7 Å². The molecular weight excluding hydrogens is 294 g/mol. The first-order chi connectivity index (χ1) is 9.60. The van der Waals surface area contributed by atoms with Crippen LogP contribution in [0, 0.1) is 19.8 Å². The molecule has 0 aliphatic rings. The fraction of sp³-hybridized carbons (Fsp3) is 0.500. The maximum absolute atomic E-state index is 12.3. The summed E-state index contributed by atoms with van der Waals surface area (Å²) in [6.07, 6.45) is 0. The Kier molecular flexibility index (Phi) is 5.36. The zero-order valence-corrected chi connectivity index (χ0v) is 13.6. The summed E-state index contributed by atoms with van der Waals surface area (Å²) < 4.78 is 32.1. The molecule has 2 N–H and O–H groups in total. The van der Waals surface area contributed by atoms with Crippen LogP contribution in [0.4, 0.5) is 0 Å². The van der Waals surface area contributed by atoms with E-state index in [1.807, 2.05) is 0 Å². The van der Waals surface area contributed by atoms with Crippen molar-refractivity contribution in [1.29, 1.82) is 0 Å². The lowest BCUT2D eigenvalue weighted by molar-refractivity contribution is -0.140. The van der Waals surface area contributed by atoms with Gasteiger partial charge in [0, 0.05) is 0 Å². The van der Waals surface area contributed by atoms with Crippen molar-refractivity contribution in [2.24, 2.45) is 5.92 Å². The van der Waals surface area contributed by atoms with Crippen molar-refractivity contribution < 1.29 is 23.1 Å². The van der Waals surface area contributed by atoms with Gasteiger partial charge in [-0.2, -0.15) is 4.72 Å². The summed E-state index contributed by atoms with van der Waals surface area (Å²) in [4.78, 5) is 11.2. The number of nitrogens with one attached hydrogen (secondary N) is 1. The molecule has 0 fully saturated rings. The number of benzene rings is 1. The summed E-state index contributed by atoms with van der Waals surface area (Å²) in [5, 5.41) is 9.10. The van der Waals surface area contributed by atoms with Gasteiger partial charge in [0.15, 0.2) is 0 Å². The lowest BCUT2D eigenvalue weighted by Gasteiger charge is -2.19. The number of sulfonamides is 1. The van der Waals surface area contributed by atoms with Gasteiger partial charge in [-0.3, -0.25) is 4.79 Å². The predicted octanol–water partition coefficient (Wildman–Crippen LogP) is 1.70. The van der Waals surface area contributed by atoms with E-state index in [-0.39, 0.29) is 10.8 Å². The molecule has 0 amide bonds. The number of hydrogen-bond donors (Lipinski definition) is 2. The van der Waals surface area contributed by atoms with Crippen LogP contribution in [0.2, 0.25) is 0 Å². The number of aliphatic carboxylic acids is 1. The second kappa shape index (κ2) is 6.44. The molecule has 1 aromatic carbocycles. The average molecular weight is 315 g/mol. The molecule has 1 aromatic rings. The van der Waals surface area contributed by atoms with Crippen LogP contribution in [0.25, 0.3) is 0 Å². The summed E-state index contributed by atoms with van der Waals surface area (Å²) in [6.45, 7) is 6.77. The van der Waals surface area contributed by atoms with E-state index >= 15 is 0 Å². The Labute approximate surface area is 125 Å². The minimum atomic E-state index is -3.91. The summed E-state index contributed by atoms with van der Waals surface area (Å²) >= 11 is 0. The van der Waals surface area contributed by atoms with Gasteiger partial charge in [-0.15, -0.1) is 0 Å². The molecule has 0 radical (unpaired) electrons. The molecule has 1 rings (SSSR count). The molecule has 0 saturated heterocycles. The third-order valence-electron chi connectivity index (χ3n) is 3.16. The van der Waals surface area contributed by atoms with Crippen molar-refractivity contribution in [1.82, 2.24) is 4.72 Å². The Balaban J connectivity index is 3.23. The lowest BCUT2D eigenvalue weighted by Crippen LogP contribution is -2.44. The number of carboxylic acid groups (broad SMARTS) is 1. The molecule has 6 nitrogen and oxygen atoms in total. The molecule has 0 aliphatic carbocycles. The van der Waals surface area contributed by atoms with Gasteiger partial charge in [-0.1, -0.05) is 13.8 Å². The Morgan fingerprint density at radius 3 is 2.05 bits per heavy atom. The molecular formula is C14H21NO5S. The van der Waals surface area contributed by atoms with Crippen molar-refractivity contribution in [3.05, 3.63) is 23.3 Å². The molecule has 0 heterocycles. The third kappa shape index (κ3) is 3.95. The quantitative estimate of drug-likeness (QED) is 0.833. The highest BCUT2D eigenvalue weighted by Crippen LogP contribution is 2.26. The van der Waals surface area contributed by atoms with Gasteiger partial charge in [-0.25, -0.2) is 8.42 Å². The summed E-state index contributed by atoms with van der Waals surface area (Å²) in [5.74, 6) is -0.944. The Hall–Kier alpha value is -1.60. The molecule has 0 saturated carbocycles. The van der Waals surface area contributed by atoms with Crippen molar-refractivity contribution >= 4 is 16.0 Å². The third-order valence-corrected chi connectivity index (χ3v) is 4.58. The number of rotatable bonds is 6. The molecule has 1 atom stereocenters. The van der Waals surface area contributed by atoms with Crippen LogP contribution < -0.4 is 9.46 Å². The van der Waals surface area contributed by atoms with Crippen molar-refractivity contribution in [3.8, 4) is 5.75 Å². The van der Waals surface area contributed by atoms with Crippen molar-refractivity contribution in [2.75, 3.05) is 7.11 Å². The lowest BCUT2D eigenvalue weighted by atomic mass is 10.1. The Bertz CT molecular complexity index is 614. The van der Waals surface area contributed by atoms with Crippen LogP contribution in [0.5, 0.6) is 5.75 Å². The number of hydrogen-bond acceptors (Lipinski definition) is 4. The van der Waals surface area contributed by atoms with E-state index in [0.29, 0.717) is 16.9 Å². The fourth-order valence-corrected chi connectivity index (χ4v) is 3.60. The van der Waals surface area contributed by atoms with E-state index in [4.69, 9.17) is 9.84 Å². The monoisotopic (exact) mass is 315 g/mol. The normalized spacial score (nSPS) is 13.2. The van der Waals surface area contributed by atoms with Gasteiger partial charge in [0.1, 0.15) is 11.8 Å². The van der Waals surface area contributed by atoms with Crippen LogP contribution in [-0.4, -0.2) is 32.6 Å². The molecule has 0 aliphatic heterocycles. The van der Waals surface area contributed by atoms with E-state index in [9.17, 15) is 13.2 Å². The van der Waals surface area contributed by atoms with Crippen LogP contribution in [0.1, 0.15) is 25.0 Å². The SMILES string of the molecule is COc1c(C)cc(S(=O)(=O)N[C@H](C(=O)O)C(C)C)cc1C. The maximum atomic E-state index is 12.3. The molecule has 0 aromatic heterocycles. The van der Waals surface area contributed by atoms with Crippen LogP contribution in [0.3, 0.4) is 0 Å². The molecule has 0 bridgehead atoms. The van der Waals surface area contributed by atoms with Gasteiger partial charge in [0.05, 0.1) is 12.0 Å². The number of ether oxygens (including phenoxy) is 1. The molecule has 118 valence electrons. The number of carboxylic acids is 1. The minimum absolute atomic E-state index is 0.0326. The largest absolute Gasteiger partial charge is 0.496 e.